The van der Waals surface area contributed by atoms with Gasteiger partial charge >= 0.3 is 0 Å². The summed E-state index contributed by atoms with van der Waals surface area (Å²) >= 11 is 0. The fourth-order valence-electron chi connectivity index (χ4n) is 4.59. The number of fused-ring (bicyclic) bond motifs is 2. The molecule has 0 N–H and O–H groups in total. The third-order valence-electron chi connectivity index (χ3n) is 6.15. The van der Waals surface area contributed by atoms with Gasteiger partial charge in [0.25, 0.3) is 5.91 Å². The number of rotatable bonds is 3. The summed E-state index contributed by atoms with van der Waals surface area (Å²) in [4.78, 5) is 26.5. The van der Waals surface area contributed by atoms with Crippen LogP contribution < -0.4 is 9.64 Å². The molecule has 1 aliphatic carbocycles. The summed E-state index contributed by atoms with van der Waals surface area (Å²) < 4.78 is 5.41. The van der Waals surface area contributed by atoms with E-state index in [4.69, 9.17) is 9.72 Å². The number of ether oxygens (including phenoxy) is 1. The minimum atomic E-state index is -0.0499. The van der Waals surface area contributed by atoms with Crippen LogP contribution in [-0.4, -0.2) is 55.1 Å². The van der Waals surface area contributed by atoms with Gasteiger partial charge in [-0.1, -0.05) is 6.07 Å². The largest absolute Gasteiger partial charge is 0.496 e. The Kier molecular flexibility index (Phi) is 4.73. The Bertz CT molecular complexity index is 907. The lowest BCUT2D eigenvalue weighted by atomic mass is 9.77. The number of aromatic nitrogens is 2. The predicted molar refractivity (Wildman–Crippen MR) is 109 cm³/mol. The van der Waals surface area contributed by atoms with Crippen molar-refractivity contribution in [3.05, 3.63) is 46.8 Å². The molecule has 1 saturated heterocycles. The molecule has 0 bridgehead atoms. The van der Waals surface area contributed by atoms with E-state index in [1.165, 1.54) is 5.56 Å². The Morgan fingerprint density at radius 2 is 2.11 bits per heavy atom. The van der Waals surface area contributed by atoms with E-state index in [9.17, 15) is 4.79 Å². The second-order valence-corrected chi connectivity index (χ2v) is 8.23. The molecule has 6 nitrogen and oxygen atoms in total. The first-order valence-corrected chi connectivity index (χ1v) is 9.91. The molecule has 28 heavy (non-hydrogen) atoms. The summed E-state index contributed by atoms with van der Waals surface area (Å²) in [5, 5.41) is 0. The number of methoxy groups -OCH3 is 1. The molecule has 2 aromatic rings. The number of anilines is 1. The highest BCUT2D eigenvalue weighted by atomic mass is 16.5. The van der Waals surface area contributed by atoms with Crippen LogP contribution in [0.25, 0.3) is 0 Å². The van der Waals surface area contributed by atoms with Gasteiger partial charge in [0.15, 0.2) is 0 Å². The van der Waals surface area contributed by atoms with Gasteiger partial charge in [-0.25, -0.2) is 9.97 Å². The van der Waals surface area contributed by atoms with Crippen LogP contribution in [0.4, 0.5) is 5.95 Å². The van der Waals surface area contributed by atoms with E-state index in [2.05, 4.69) is 4.98 Å². The van der Waals surface area contributed by atoms with E-state index in [0.717, 1.165) is 61.7 Å². The second-order valence-electron chi connectivity index (χ2n) is 8.23. The van der Waals surface area contributed by atoms with E-state index < -0.39 is 0 Å². The maximum absolute atomic E-state index is 13.2. The number of aryl methyl sites for hydroxylation is 2. The number of hydrogen-bond donors (Lipinski definition) is 0. The van der Waals surface area contributed by atoms with E-state index >= 15 is 0 Å². The molecule has 4 rings (SSSR count). The smallest absolute Gasteiger partial charge is 0.254 e. The Balaban J connectivity index is 1.63. The molecule has 0 radical (unpaired) electrons. The summed E-state index contributed by atoms with van der Waals surface area (Å²) in [5.41, 5.74) is 4.05. The molecule has 0 saturated carbocycles. The lowest BCUT2D eigenvalue weighted by Gasteiger charge is -2.40. The van der Waals surface area contributed by atoms with Crippen LogP contribution in [0.5, 0.6) is 5.75 Å². The fraction of sp³-hybridized carbons (Fsp3) is 0.500. The van der Waals surface area contributed by atoms with Crippen molar-refractivity contribution in [1.29, 1.82) is 0 Å². The first-order valence-electron chi connectivity index (χ1n) is 9.91. The topological polar surface area (TPSA) is 58.6 Å². The minimum absolute atomic E-state index is 0.0499. The number of piperidine rings is 1. The zero-order chi connectivity index (χ0) is 19.9. The predicted octanol–water partition coefficient (Wildman–Crippen LogP) is 2.98. The average molecular weight is 380 g/mol. The Morgan fingerprint density at radius 3 is 2.86 bits per heavy atom. The van der Waals surface area contributed by atoms with Gasteiger partial charge in [-0.3, -0.25) is 4.79 Å². The van der Waals surface area contributed by atoms with Gasteiger partial charge in [-0.2, -0.15) is 0 Å². The van der Waals surface area contributed by atoms with E-state index in [1.54, 1.807) is 7.11 Å². The summed E-state index contributed by atoms with van der Waals surface area (Å²) in [6.45, 7) is 3.50. The molecule has 1 aromatic heterocycles. The Labute approximate surface area is 166 Å². The van der Waals surface area contributed by atoms with Crippen LogP contribution in [0.2, 0.25) is 0 Å². The molecular weight excluding hydrogens is 352 g/mol. The number of amides is 1. The van der Waals surface area contributed by atoms with Crippen LogP contribution in [-0.2, 0) is 11.8 Å². The van der Waals surface area contributed by atoms with Crippen molar-refractivity contribution in [3.8, 4) is 5.75 Å². The van der Waals surface area contributed by atoms with Crippen molar-refractivity contribution in [2.75, 3.05) is 39.2 Å². The van der Waals surface area contributed by atoms with E-state index in [1.807, 2.05) is 55.2 Å². The monoisotopic (exact) mass is 380 g/mol. The molecule has 1 amide bonds. The van der Waals surface area contributed by atoms with Crippen molar-refractivity contribution in [3.63, 3.8) is 0 Å². The first-order chi connectivity index (χ1) is 13.4. The summed E-state index contributed by atoms with van der Waals surface area (Å²) in [7, 11) is 5.57. The normalized spacial score (nSPS) is 20.9. The second kappa shape index (κ2) is 7.08. The SMILES string of the molecule is COc1cc(C(=O)N2CCCC3(CCc4cnc(N(C)C)nc43)C2)ccc1C. The molecule has 1 unspecified atom stereocenters. The number of likely N-dealkylation sites (tertiary alicyclic amines) is 1. The molecule has 148 valence electrons. The van der Waals surface area contributed by atoms with Crippen LogP contribution in [0.15, 0.2) is 24.4 Å². The maximum Gasteiger partial charge on any atom is 0.254 e. The number of hydrogen-bond acceptors (Lipinski definition) is 5. The van der Waals surface area contributed by atoms with Gasteiger partial charge in [0.1, 0.15) is 5.75 Å². The Hall–Kier alpha value is -2.63. The highest BCUT2D eigenvalue weighted by Gasteiger charge is 2.45. The molecule has 1 spiro atoms. The van der Waals surface area contributed by atoms with Crippen LogP contribution in [0.3, 0.4) is 0 Å². The van der Waals surface area contributed by atoms with Crippen molar-refractivity contribution < 1.29 is 9.53 Å². The van der Waals surface area contributed by atoms with Gasteiger partial charge < -0.3 is 14.5 Å². The molecule has 1 aliphatic heterocycles. The summed E-state index contributed by atoms with van der Waals surface area (Å²) in [6, 6.07) is 5.71. The van der Waals surface area contributed by atoms with Gasteiger partial charge in [0.2, 0.25) is 5.95 Å². The number of benzene rings is 1. The zero-order valence-corrected chi connectivity index (χ0v) is 17.2. The molecular formula is C22H28N4O2. The van der Waals surface area contributed by atoms with Gasteiger partial charge in [-0.05, 0) is 55.9 Å². The lowest BCUT2D eigenvalue weighted by molar-refractivity contribution is 0.0633. The third-order valence-corrected chi connectivity index (χ3v) is 6.15. The molecule has 1 atom stereocenters. The molecule has 6 heteroatoms. The summed E-state index contributed by atoms with van der Waals surface area (Å²) in [5.74, 6) is 1.58. The maximum atomic E-state index is 13.2. The van der Waals surface area contributed by atoms with Crippen LogP contribution in [0, 0.1) is 6.92 Å². The van der Waals surface area contributed by atoms with Gasteiger partial charge in [-0.15, -0.1) is 0 Å². The highest BCUT2D eigenvalue weighted by molar-refractivity contribution is 5.95. The van der Waals surface area contributed by atoms with Gasteiger partial charge in [0, 0.05) is 44.4 Å². The molecule has 2 heterocycles. The van der Waals surface area contributed by atoms with Crippen LogP contribution >= 0.6 is 0 Å². The highest BCUT2D eigenvalue weighted by Crippen LogP contribution is 2.44. The quantitative estimate of drug-likeness (QED) is 0.819. The standard InChI is InChI=1S/C22H28N4O2/c1-15-6-7-16(12-18(15)28-4)20(27)26-11-5-9-22(14-26)10-8-17-13-23-21(25(2)3)24-19(17)22/h6-7,12-13H,5,8-11,14H2,1-4H3. The number of carbonyl (C=O) groups is 1. The zero-order valence-electron chi connectivity index (χ0n) is 17.2. The van der Waals surface area contributed by atoms with Crippen molar-refractivity contribution in [2.45, 2.75) is 38.0 Å². The molecule has 1 fully saturated rings. The van der Waals surface area contributed by atoms with Crippen molar-refractivity contribution >= 4 is 11.9 Å². The van der Waals surface area contributed by atoms with Crippen molar-refractivity contribution in [2.24, 2.45) is 0 Å². The Morgan fingerprint density at radius 1 is 1.29 bits per heavy atom. The van der Waals surface area contributed by atoms with Gasteiger partial charge in [0.05, 0.1) is 12.8 Å². The lowest BCUT2D eigenvalue weighted by Crippen LogP contribution is -2.48. The van der Waals surface area contributed by atoms with E-state index in [-0.39, 0.29) is 11.3 Å². The summed E-state index contributed by atoms with van der Waals surface area (Å²) in [6.07, 6.45) is 6.07. The minimum Gasteiger partial charge on any atom is -0.496 e. The third kappa shape index (κ3) is 3.11. The van der Waals surface area contributed by atoms with Crippen LogP contribution in [0.1, 0.15) is 46.4 Å². The number of carbonyl (C=O) groups excluding carboxylic acids is 1. The average Bonchev–Trinajstić information content (AvgIpc) is 3.05. The molecule has 2 aliphatic rings. The first kappa shape index (κ1) is 18.7. The molecule has 1 aromatic carbocycles. The van der Waals surface area contributed by atoms with E-state index in [0.29, 0.717) is 5.56 Å². The van der Waals surface area contributed by atoms with Crippen molar-refractivity contribution in [1.82, 2.24) is 14.9 Å². The number of nitrogens with zero attached hydrogens (tertiary/aromatic N) is 4. The fourth-order valence-corrected chi connectivity index (χ4v) is 4.59.